The van der Waals surface area contributed by atoms with Gasteiger partial charge < -0.3 is 15.9 Å². The molecule has 0 unspecified atom stereocenters. The van der Waals surface area contributed by atoms with Crippen LogP contribution < -0.4 is 21.2 Å². The Morgan fingerprint density at radius 1 is 1.06 bits per heavy atom. The van der Waals surface area contributed by atoms with E-state index < -0.39 is 6.03 Å². The van der Waals surface area contributed by atoms with Gasteiger partial charge in [0, 0.05) is 18.7 Å². The van der Waals surface area contributed by atoms with E-state index in [1.165, 1.54) is 16.4 Å². The fourth-order valence-corrected chi connectivity index (χ4v) is 3.73. The van der Waals surface area contributed by atoms with Gasteiger partial charge in [-0.1, -0.05) is 60.3 Å². The normalized spacial score (nSPS) is 10.6. The topological polar surface area (TPSA) is 124 Å². The van der Waals surface area contributed by atoms with Crippen molar-refractivity contribution in [2.45, 2.75) is 38.6 Å². The lowest BCUT2D eigenvalue weighted by Gasteiger charge is -2.11. The van der Waals surface area contributed by atoms with E-state index in [2.05, 4.69) is 20.8 Å². The first kappa shape index (κ1) is 23.1. The number of nitrogen functional groups attached to an aromatic ring is 1. The smallest absolute Gasteiger partial charge is 0.321 e. The first-order chi connectivity index (χ1) is 15.4. The van der Waals surface area contributed by atoms with Crippen molar-refractivity contribution in [3.63, 3.8) is 0 Å². The maximum absolute atomic E-state index is 12.0. The zero-order valence-corrected chi connectivity index (χ0v) is 18.8. The van der Waals surface area contributed by atoms with E-state index in [1.807, 2.05) is 62.4 Å². The fraction of sp³-hybridized carbons (Fsp3) is 0.273. The number of nitrogens with one attached hydrogen (secondary N) is 2. The van der Waals surface area contributed by atoms with E-state index >= 15 is 0 Å². The summed E-state index contributed by atoms with van der Waals surface area (Å²) in [4.78, 5) is 23.8. The number of para-hydroxylation sites is 1. The van der Waals surface area contributed by atoms with Gasteiger partial charge in [-0.05, 0) is 30.5 Å². The molecule has 0 spiro atoms. The van der Waals surface area contributed by atoms with E-state index in [0.29, 0.717) is 23.3 Å². The molecule has 1 heterocycles. The molecule has 3 rings (SSSR count). The van der Waals surface area contributed by atoms with Gasteiger partial charge in [-0.2, -0.15) is 0 Å². The molecule has 0 aliphatic heterocycles. The summed E-state index contributed by atoms with van der Waals surface area (Å²) in [6.45, 7) is 4.48. The van der Waals surface area contributed by atoms with Crippen molar-refractivity contribution >= 4 is 23.7 Å². The molecule has 0 aliphatic carbocycles. The van der Waals surface area contributed by atoms with Crippen LogP contribution in [0.15, 0.2) is 53.7 Å². The number of amides is 3. The van der Waals surface area contributed by atoms with Crippen LogP contribution in [0.1, 0.15) is 28.9 Å². The lowest BCUT2D eigenvalue weighted by molar-refractivity contribution is -0.119. The van der Waals surface area contributed by atoms with Gasteiger partial charge in [0.2, 0.25) is 11.1 Å². The predicted octanol–water partition coefficient (Wildman–Crippen LogP) is 2.70. The molecule has 0 bridgehead atoms. The number of aryl methyl sites for hydroxylation is 2. The molecular formula is C22H26N6O3S. The average Bonchev–Trinajstić information content (AvgIpc) is 3.12. The van der Waals surface area contributed by atoms with Crippen molar-refractivity contribution < 1.29 is 14.3 Å². The quantitative estimate of drug-likeness (QED) is 0.335. The Labute approximate surface area is 190 Å². The van der Waals surface area contributed by atoms with Crippen LogP contribution in [0.25, 0.3) is 0 Å². The minimum Gasteiger partial charge on any atom is -0.485 e. The summed E-state index contributed by atoms with van der Waals surface area (Å²) in [7, 11) is 0. The summed E-state index contributed by atoms with van der Waals surface area (Å²) >= 11 is 1.28. The number of ether oxygens (including phenoxy) is 1. The van der Waals surface area contributed by atoms with Crippen LogP contribution in [-0.4, -0.2) is 32.6 Å². The fourth-order valence-electron chi connectivity index (χ4n) is 2.91. The second-order valence-electron chi connectivity index (χ2n) is 7.09. The molecular weight excluding hydrogens is 428 g/mol. The third-order valence-corrected chi connectivity index (χ3v) is 5.54. The van der Waals surface area contributed by atoms with Gasteiger partial charge in [-0.25, -0.2) is 9.47 Å². The van der Waals surface area contributed by atoms with Crippen LogP contribution in [0.2, 0.25) is 0 Å². The third kappa shape index (κ3) is 6.48. The first-order valence-corrected chi connectivity index (χ1v) is 11.1. The number of thioether (sulfide) groups is 1. The SMILES string of the molecule is Cc1cccc(C)c1OCc1nnc(SCCC(=O)NC(=O)NCc2ccccc2)n1N. The van der Waals surface area contributed by atoms with Gasteiger partial charge in [0.05, 0.1) is 0 Å². The van der Waals surface area contributed by atoms with Gasteiger partial charge in [0.1, 0.15) is 12.4 Å². The molecule has 168 valence electrons. The largest absolute Gasteiger partial charge is 0.485 e. The van der Waals surface area contributed by atoms with Crippen molar-refractivity contribution in [2.24, 2.45) is 0 Å². The van der Waals surface area contributed by atoms with E-state index in [4.69, 9.17) is 10.6 Å². The van der Waals surface area contributed by atoms with E-state index in [1.54, 1.807) is 0 Å². The summed E-state index contributed by atoms with van der Waals surface area (Å²) in [6.07, 6.45) is 0.129. The molecule has 2 aromatic carbocycles. The Kier molecular flexibility index (Phi) is 8.09. The third-order valence-electron chi connectivity index (χ3n) is 4.60. The maximum atomic E-state index is 12.0. The average molecular weight is 455 g/mol. The molecule has 0 aliphatic rings. The molecule has 3 amide bonds. The monoisotopic (exact) mass is 454 g/mol. The number of carbonyl (C=O) groups is 2. The Bertz CT molecular complexity index is 1050. The van der Waals surface area contributed by atoms with Gasteiger partial charge >= 0.3 is 6.03 Å². The zero-order valence-electron chi connectivity index (χ0n) is 18.0. The van der Waals surface area contributed by atoms with Crippen LogP contribution in [0.4, 0.5) is 4.79 Å². The highest BCUT2D eigenvalue weighted by Gasteiger charge is 2.14. The van der Waals surface area contributed by atoms with Crippen molar-refractivity contribution in [3.8, 4) is 5.75 Å². The van der Waals surface area contributed by atoms with E-state index in [9.17, 15) is 9.59 Å². The van der Waals surface area contributed by atoms with Crippen LogP contribution in [0.3, 0.4) is 0 Å². The van der Waals surface area contributed by atoms with Crippen molar-refractivity contribution in [3.05, 3.63) is 71.0 Å². The molecule has 3 aromatic rings. The van der Waals surface area contributed by atoms with Crippen molar-refractivity contribution in [2.75, 3.05) is 11.6 Å². The molecule has 1 aromatic heterocycles. The summed E-state index contributed by atoms with van der Waals surface area (Å²) in [5, 5.41) is 13.5. The molecule has 4 N–H and O–H groups in total. The number of urea groups is 1. The number of hydrogen-bond acceptors (Lipinski definition) is 7. The minimum absolute atomic E-state index is 0.129. The molecule has 0 saturated heterocycles. The van der Waals surface area contributed by atoms with E-state index in [0.717, 1.165) is 22.4 Å². The van der Waals surface area contributed by atoms with Crippen molar-refractivity contribution in [1.29, 1.82) is 0 Å². The van der Waals surface area contributed by atoms with Gasteiger partial charge in [-0.15, -0.1) is 10.2 Å². The zero-order chi connectivity index (χ0) is 22.9. The van der Waals surface area contributed by atoms with Crippen LogP contribution >= 0.6 is 11.8 Å². The highest BCUT2D eigenvalue weighted by molar-refractivity contribution is 7.99. The van der Waals surface area contributed by atoms with Crippen LogP contribution in [0, 0.1) is 13.8 Å². The molecule has 32 heavy (non-hydrogen) atoms. The second-order valence-corrected chi connectivity index (χ2v) is 8.16. The standard InChI is InChI=1S/C22H26N6O3S/c1-15-7-6-8-16(2)20(15)31-14-18-26-27-22(28(18)23)32-12-11-19(29)25-21(30)24-13-17-9-4-3-5-10-17/h3-10H,11-14,23H2,1-2H3,(H2,24,25,29,30). The molecule has 10 heteroatoms. The minimum atomic E-state index is -0.531. The maximum Gasteiger partial charge on any atom is 0.321 e. The lowest BCUT2D eigenvalue weighted by atomic mass is 10.1. The van der Waals surface area contributed by atoms with Gasteiger partial charge in [0.25, 0.3) is 0 Å². The molecule has 0 atom stereocenters. The Balaban J connectivity index is 1.40. The predicted molar refractivity (Wildman–Crippen MR) is 123 cm³/mol. The molecule has 9 nitrogen and oxygen atoms in total. The highest BCUT2D eigenvalue weighted by atomic mass is 32.2. The highest BCUT2D eigenvalue weighted by Crippen LogP contribution is 2.23. The number of nitrogens with zero attached hydrogens (tertiary/aromatic N) is 3. The number of aromatic nitrogens is 3. The second kappa shape index (κ2) is 11.2. The number of imide groups is 1. The number of benzene rings is 2. The van der Waals surface area contributed by atoms with Crippen molar-refractivity contribution in [1.82, 2.24) is 25.5 Å². The summed E-state index contributed by atoms with van der Waals surface area (Å²) in [5.74, 6) is 7.34. The number of nitrogens with two attached hydrogens (primary N) is 1. The van der Waals surface area contributed by atoms with E-state index in [-0.39, 0.29) is 18.9 Å². The van der Waals surface area contributed by atoms with Gasteiger partial charge in [0.15, 0.2) is 5.82 Å². The molecule has 0 fully saturated rings. The van der Waals surface area contributed by atoms with Crippen LogP contribution in [-0.2, 0) is 17.9 Å². The number of rotatable bonds is 9. The summed E-state index contributed by atoms with van der Waals surface area (Å²) in [6, 6.07) is 14.8. The molecule has 0 saturated carbocycles. The molecule has 0 radical (unpaired) electrons. The van der Waals surface area contributed by atoms with Gasteiger partial charge in [-0.3, -0.25) is 10.1 Å². The number of carbonyl (C=O) groups excluding carboxylic acids is 2. The first-order valence-electron chi connectivity index (χ1n) is 10.1. The number of hydrogen-bond donors (Lipinski definition) is 3. The van der Waals surface area contributed by atoms with Crippen LogP contribution in [0.5, 0.6) is 5.75 Å². The summed E-state index contributed by atoms with van der Waals surface area (Å²) in [5.41, 5.74) is 3.01. The Morgan fingerprint density at radius 2 is 1.78 bits per heavy atom. The Hall–Kier alpha value is -3.53. The summed E-state index contributed by atoms with van der Waals surface area (Å²) < 4.78 is 7.22. The Morgan fingerprint density at radius 3 is 2.50 bits per heavy atom. The lowest BCUT2D eigenvalue weighted by Crippen LogP contribution is -2.39.